The molecule has 0 N–H and O–H groups in total. The van der Waals surface area contributed by atoms with Crippen molar-refractivity contribution >= 4 is 11.8 Å². The van der Waals surface area contributed by atoms with Gasteiger partial charge in [0.1, 0.15) is 0 Å². The van der Waals surface area contributed by atoms with Crippen molar-refractivity contribution < 1.29 is 9.59 Å². The topological polar surface area (TPSA) is 43.9 Å². The van der Waals surface area contributed by atoms with Crippen molar-refractivity contribution in [1.29, 1.82) is 0 Å². The zero-order valence-corrected chi connectivity index (χ0v) is 20.6. The lowest BCUT2D eigenvalue weighted by Gasteiger charge is -2.42. The monoisotopic (exact) mass is 453 g/mol. The van der Waals surface area contributed by atoms with Crippen molar-refractivity contribution in [3.05, 3.63) is 35.9 Å². The van der Waals surface area contributed by atoms with Crippen molar-refractivity contribution in [3.8, 4) is 0 Å². The van der Waals surface area contributed by atoms with Crippen LogP contribution in [0.1, 0.15) is 70.3 Å². The molecule has 3 aliphatic heterocycles. The Labute approximate surface area is 200 Å². The average molecular weight is 454 g/mol. The minimum absolute atomic E-state index is 0.211. The second-order valence-corrected chi connectivity index (χ2v) is 10.5. The van der Waals surface area contributed by atoms with Crippen LogP contribution in [0.4, 0.5) is 0 Å². The summed E-state index contributed by atoms with van der Waals surface area (Å²) in [4.78, 5) is 32.3. The minimum Gasteiger partial charge on any atom is -0.343 e. The van der Waals surface area contributed by atoms with Crippen LogP contribution in [-0.2, 0) is 16.0 Å². The van der Waals surface area contributed by atoms with Crippen molar-refractivity contribution in [1.82, 2.24) is 14.7 Å². The van der Waals surface area contributed by atoms with E-state index in [9.17, 15) is 9.59 Å². The highest BCUT2D eigenvalue weighted by Crippen LogP contribution is 2.28. The van der Waals surface area contributed by atoms with Crippen LogP contribution in [0.15, 0.2) is 30.3 Å². The highest BCUT2D eigenvalue weighted by molar-refractivity contribution is 5.79. The third-order valence-electron chi connectivity index (χ3n) is 8.25. The van der Waals surface area contributed by atoms with Gasteiger partial charge in [0.15, 0.2) is 0 Å². The first-order valence-electron chi connectivity index (χ1n) is 13.5. The van der Waals surface area contributed by atoms with Crippen LogP contribution in [0.25, 0.3) is 0 Å². The molecule has 0 unspecified atom stereocenters. The van der Waals surface area contributed by atoms with Crippen LogP contribution < -0.4 is 0 Å². The number of likely N-dealkylation sites (tertiary alicyclic amines) is 3. The van der Waals surface area contributed by atoms with E-state index < -0.39 is 0 Å². The lowest BCUT2D eigenvalue weighted by atomic mass is 9.88. The molecule has 5 nitrogen and oxygen atoms in total. The first-order valence-corrected chi connectivity index (χ1v) is 13.5. The molecule has 0 bridgehead atoms. The van der Waals surface area contributed by atoms with Gasteiger partial charge in [0, 0.05) is 44.6 Å². The Morgan fingerprint density at radius 1 is 0.818 bits per heavy atom. The molecular weight excluding hydrogens is 410 g/mol. The van der Waals surface area contributed by atoms with Crippen molar-refractivity contribution in [3.63, 3.8) is 0 Å². The van der Waals surface area contributed by atoms with E-state index >= 15 is 0 Å². The zero-order valence-electron chi connectivity index (χ0n) is 20.6. The summed E-state index contributed by atoms with van der Waals surface area (Å²) >= 11 is 0. The van der Waals surface area contributed by atoms with Crippen molar-refractivity contribution in [2.24, 2.45) is 11.8 Å². The fourth-order valence-electron chi connectivity index (χ4n) is 6.04. The van der Waals surface area contributed by atoms with E-state index in [2.05, 4.69) is 52.0 Å². The Balaban J connectivity index is 1.15. The molecule has 0 aliphatic carbocycles. The van der Waals surface area contributed by atoms with Gasteiger partial charge in [0.05, 0.1) is 0 Å². The number of carbonyl (C=O) groups excluding carboxylic acids is 2. The van der Waals surface area contributed by atoms with Gasteiger partial charge in [-0.25, -0.2) is 0 Å². The summed E-state index contributed by atoms with van der Waals surface area (Å²) in [5.41, 5.74) is 1.42. The predicted molar refractivity (Wildman–Crippen MR) is 133 cm³/mol. The van der Waals surface area contributed by atoms with Crippen LogP contribution in [0.2, 0.25) is 0 Å². The molecule has 0 spiro atoms. The largest absolute Gasteiger partial charge is 0.343 e. The number of rotatable bonds is 7. The SMILES string of the molecule is CCCCC(=O)N1CCC(N2CCC(C(=O)N3CCC(Cc4ccccc4)CC3)CC2)CC1. The Hall–Kier alpha value is -1.88. The van der Waals surface area contributed by atoms with Crippen LogP contribution >= 0.6 is 0 Å². The Morgan fingerprint density at radius 2 is 1.45 bits per heavy atom. The normalized spacial score (nSPS) is 22.0. The Bertz CT molecular complexity index is 744. The van der Waals surface area contributed by atoms with Gasteiger partial charge in [-0.05, 0) is 75.9 Å². The number of piperidine rings is 3. The highest BCUT2D eigenvalue weighted by Gasteiger charge is 2.34. The second-order valence-electron chi connectivity index (χ2n) is 10.5. The van der Waals surface area contributed by atoms with Gasteiger partial charge in [-0.1, -0.05) is 43.7 Å². The molecule has 2 amide bonds. The van der Waals surface area contributed by atoms with Crippen molar-refractivity contribution in [2.45, 2.75) is 77.2 Å². The fourth-order valence-corrected chi connectivity index (χ4v) is 6.04. The molecule has 3 fully saturated rings. The zero-order chi connectivity index (χ0) is 23.0. The van der Waals surface area contributed by atoms with Gasteiger partial charge in [0.2, 0.25) is 11.8 Å². The maximum absolute atomic E-state index is 13.2. The summed E-state index contributed by atoms with van der Waals surface area (Å²) in [6.07, 6.45) is 10.4. The predicted octanol–water partition coefficient (Wildman–Crippen LogP) is 4.36. The van der Waals surface area contributed by atoms with E-state index in [1.165, 1.54) is 5.56 Å². The molecule has 3 saturated heterocycles. The lowest BCUT2D eigenvalue weighted by molar-refractivity contribution is -0.139. The molecule has 33 heavy (non-hydrogen) atoms. The minimum atomic E-state index is 0.211. The Morgan fingerprint density at radius 3 is 2.09 bits per heavy atom. The maximum Gasteiger partial charge on any atom is 0.225 e. The quantitative estimate of drug-likeness (QED) is 0.616. The van der Waals surface area contributed by atoms with Crippen LogP contribution in [0.3, 0.4) is 0 Å². The van der Waals surface area contributed by atoms with Crippen LogP contribution in [-0.4, -0.2) is 71.8 Å². The molecular formula is C28H43N3O2. The molecule has 0 saturated carbocycles. The molecule has 1 aromatic rings. The number of hydrogen-bond acceptors (Lipinski definition) is 3. The number of benzene rings is 1. The summed E-state index contributed by atoms with van der Waals surface area (Å²) in [7, 11) is 0. The number of carbonyl (C=O) groups is 2. The van der Waals surface area contributed by atoms with E-state index in [0.29, 0.717) is 30.2 Å². The summed E-state index contributed by atoms with van der Waals surface area (Å²) in [6.45, 7) is 7.89. The molecule has 1 aromatic carbocycles. The summed E-state index contributed by atoms with van der Waals surface area (Å²) in [6, 6.07) is 11.4. The first-order chi connectivity index (χ1) is 16.1. The van der Waals surface area contributed by atoms with Gasteiger partial charge >= 0.3 is 0 Å². The average Bonchev–Trinajstić information content (AvgIpc) is 2.88. The number of hydrogen-bond donors (Lipinski definition) is 0. The fraction of sp³-hybridized carbons (Fsp3) is 0.714. The van der Waals surface area contributed by atoms with E-state index in [1.54, 1.807) is 0 Å². The van der Waals surface area contributed by atoms with Crippen molar-refractivity contribution in [2.75, 3.05) is 39.3 Å². The van der Waals surface area contributed by atoms with E-state index in [-0.39, 0.29) is 5.92 Å². The van der Waals surface area contributed by atoms with Gasteiger partial charge in [-0.3, -0.25) is 9.59 Å². The summed E-state index contributed by atoms with van der Waals surface area (Å²) in [5.74, 6) is 1.66. The lowest BCUT2D eigenvalue weighted by Crippen LogP contribution is -2.51. The standard InChI is InChI=1S/C28H43N3O2/c1-2-3-9-27(32)30-20-14-26(15-21-30)29-18-12-25(13-19-29)28(33)31-16-10-24(11-17-31)22-23-7-5-4-6-8-23/h4-8,24-26H,2-3,9-22H2,1H3. The molecule has 3 aliphatic rings. The molecule has 4 rings (SSSR count). The van der Waals surface area contributed by atoms with E-state index in [1.807, 2.05) is 0 Å². The summed E-state index contributed by atoms with van der Waals surface area (Å²) in [5, 5.41) is 0. The first kappa shape index (κ1) is 24.3. The third kappa shape index (κ3) is 6.59. The maximum atomic E-state index is 13.2. The van der Waals surface area contributed by atoms with Gasteiger partial charge in [0.25, 0.3) is 0 Å². The highest BCUT2D eigenvalue weighted by atomic mass is 16.2. The molecule has 0 aromatic heterocycles. The molecule has 0 radical (unpaired) electrons. The van der Waals surface area contributed by atoms with Gasteiger partial charge in [-0.2, -0.15) is 0 Å². The third-order valence-corrected chi connectivity index (χ3v) is 8.25. The molecule has 5 heteroatoms. The molecule has 3 heterocycles. The number of nitrogens with zero attached hydrogens (tertiary/aromatic N) is 3. The van der Waals surface area contributed by atoms with Crippen LogP contribution in [0.5, 0.6) is 0 Å². The smallest absolute Gasteiger partial charge is 0.225 e. The molecule has 0 atom stereocenters. The van der Waals surface area contributed by atoms with Gasteiger partial charge in [-0.15, -0.1) is 0 Å². The summed E-state index contributed by atoms with van der Waals surface area (Å²) < 4.78 is 0. The van der Waals surface area contributed by atoms with E-state index in [4.69, 9.17) is 0 Å². The number of unbranched alkanes of at least 4 members (excludes halogenated alkanes) is 1. The second kappa shape index (κ2) is 12.0. The Kier molecular flexibility index (Phi) is 8.82. The molecule has 182 valence electrons. The van der Waals surface area contributed by atoms with Gasteiger partial charge < -0.3 is 14.7 Å². The number of amides is 2. The van der Waals surface area contributed by atoms with Crippen LogP contribution in [0, 0.1) is 11.8 Å². The van der Waals surface area contributed by atoms with E-state index in [0.717, 1.165) is 97.1 Å².